The number of nitrogens with one attached hydrogen (secondary N) is 3. The summed E-state index contributed by atoms with van der Waals surface area (Å²) in [6, 6.07) is 4.56. The smallest absolute Gasteiger partial charge is 0.271 e. The molecule has 0 saturated carbocycles. The second-order valence-corrected chi connectivity index (χ2v) is 6.82. The van der Waals surface area contributed by atoms with E-state index in [-0.39, 0.29) is 42.3 Å². The highest BCUT2D eigenvalue weighted by atomic mass is 19.1. The van der Waals surface area contributed by atoms with Gasteiger partial charge in [0.15, 0.2) is 0 Å². The van der Waals surface area contributed by atoms with Crippen molar-refractivity contribution in [2.24, 2.45) is 0 Å². The van der Waals surface area contributed by atoms with Crippen LogP contribution < -0.4 is 10.6 Å². The molecule has 0 aliphatic heterocycles. The van der Waals surface area contributed by atoms with Gasteiger partial charge in [0.05, 0.1) is 12.2 Å². The first-order valence-corrected chi connectivity index (χ1v) is 9.25. The Morgan fingerprint density at radius 1 is 1.29 bits per heavy atom. The molecular formula is C20H20FN5O2. The zero-order chi connectivity index (χ0) is 19.5. The van der Waals surface area contributed by atoms with Crippen LogP contribution in [0.2, 0.25) is 0 Å². The van der Waals surface area contributed by atoms with Crippen molar-refractivity contribution in [2.45, 2.75) is 31.7 Å². The van der Waals surface area contributed by atoms with E-state index in [9.17, 15) is 14.0 Å². The van der Waals surface area contributed by atoms with Crippen LogP contribution >= 0.6 is 0 Å². The van der Waals surface area contributed by atoms with Crippen LogP contribution in [-0.2, 0) is 11.2 Å². The van der Waals surface area contributed by atoms with Crippen LogP contribution in [0.1, 0.15) is 47.1 Å². The fraction of sp³-hybridized carbons (Fsp3) is 0.300. The van der Waals surface area contributed by atoms with Crippen LogP contribution in [-0.4, -0.2) is 33.3 Å². The second-order valence-electron chi connectivity index (χ2n) is 6.82. The first-order valence-electron chi connectivity index (χ1n) is 9.25. The number of carbonyl (C=O) groups is 2. The molecule has 28 heavy (non-hydrogen) atoms. The topological polar surface area (TPSA) is 99.8 Å². The molecule has 1 aliphatic carbocycles. The number of nitrogens with zero attached hydrogens (tertiary/aromatic N) is 2. The summed E-state index contributed by atoms with van der Waals surface area (Å²) in [5.74, 6) is -0.778. The summed E-state index contributed by atoms with van der Waals surface area (Å²) < 4.78 is 13.6. The van der Waals surface area contributed by atoms with Gasteiger partial charge in [-0.25, -0.2) is 9.37 Å². The van der Waals surface area contributed by atoms with Gasteiger partial charge >= 0.3 is 0 Å². The summed E-state index contributed by atoms with van der Waals surface area (Å²) >= 11 is 0. The third-order valence-corrected chi connectivity index (χ3v) is 4.94. The molecule has 0 bridgehead atoms. The molecule has 8 heteroatoms. The van der Waals surface area contributed by atoms with Gasteiger partial charge in [-0.3, -0.25) is 14.6 Å². The Balaban J connectivity index is 1.37. The monoisotopic (exact) mass is 381 g/mol. The molecule has 7 nitrogen and oxygen atoms in total. The number of aryl methyl sites for hydroxylation is 1. The number of hydrogen-bond donors (Lipinski definition) is 3. The zero-order valence-corrected chi connectivity index (χ0v) is 15.2. The maximum atomic E-state index is 13.6. The van der Waals surface area contributed by atoms with E-state index in [0.717, 1.165) is 41.4 Å². The van der Waals surface area contributed by atoms with Gasteiger partial charge in [0, 0.05) is 42.0 Å². The maximum Gasteiger partial charge on any atom is 0.271 e. The molecule has 4 rings (SSSR count). The number of fused-ring (bicyclic) bond motifs is 3. The Bertz CT molecular complexity index is 1020. The van der Waals surface area contributed by atoms with Crippen molar-refractivity contribution in [3.05, 3.63) is 59.6 Å². The number of H-pyrrole nitrogens is 1. The van der Waals surface area contributed by atoms with Crippen molar-refractivity contribution >= 4 is 22.7 Å². The number of aromatic nitrogens is 3. The fourth-order valence-corrected chi connectivity index (χ4v) is 3.64. The minimum absolute atomic E-state index is 0.137. The number of halogens is 1. The summed E-state index contributed by atoms with van der Waals surface area (Å²) in [4.78, 5) is 35.4. The van der Waals surface area contributed by atoms with Crippen molar-refractivity contribution in [2.75, 3.05) is 6.54 Å². The van der Waals surface area contributed by atoms with E-state index in [0.29, 0.717) is 0 Å². The van der Waals surface area contributed by atoms with Crippen molar-refractivity contribution in [1.82, 2.24) is 25.6 Å². The van der Waals surface area contributed by atoms with Crippen molar-refractivity contribution in [1.29, 1.82) is 0 Å². The van der Waals surface area contributed by atoms with E-state index in [1.54, 1.807) is 6.07 Å². The number of hydrogen-bond acceptors (Lipinski definition) is 4. The van der Waals surface area contributed by atoms with Crippen LogP contribution in [0.3, 0.4) is 0 Å². The van der Waals surface area contributed by atoms with E-state index in [4.69, 9.17) is 0 Å². The molecule has 1 unspecified atom stereocenters. The summed E-state index contributed by atoms with van der Waals surface area (Å²) in [6.45, 7) is 0.207. The molecule has 0 fully saturated rings. The Kier molecular flexibility index (Phi) is 5.01. The van der Waals surface area contributed by atoms with Gasteiger partial charge in [0.1, 0.15) is 11.5 Å². The lowest BCUT2D eigenvalue weighted by Gasteiger charge is -2.24. The highest BCUT2D eigenvalue weighted by Gasteiger charge is 2.25. The number of benzene rings is 1. The molecule has 0 radical (unpaired) electrons. The van der Waals surface area contributed by atoms with Crippen LogP contribution in [0.25, 0.3) is 10.9 Å². The predicted octanol–water partition coefficient (Wildman–Crippen LogP) is 2.41. The number of aromatic amines is 1. The van der Waals surface area contributed by atoms with Crippen LogP contribution in [0, 0.1) is 5.82 Å². The summed E-state index contributed by atoms with van der Waals surface area (Å²) in [7, 11) is 0. The molecule has 3 N–H and O–H groups in total. The van der Waals surface area contributed by atoms with Crippen molar-refractivity contribution in [3.8, 4) is 0 Å². The van der Waals surface area contributed by atoms with Gasteiger partial charge in [0.25, 0.3) is 5.91 Å². The highest BCUT2D eigenvalue weighted by molar-refractivity contribution is 5.92. The molecule has 2 amide bonds. The number of rotatable bonds is 5. The molecule has 1 aliphatic rings. The molecule has 2 heterocycles. The lowest BCUT2D eigenvalue weighted by Crippen LogP contribution is -2.34. The van der Waals surface area contributed by atoms with Crippen LogP contribution in [0.15, 0.2) is 36.8 Å². The first-order chi connectivity index (χ1) is 13.6. The molecule has 2 aromatic heterocycles. The Hall–Kier alpha value is -3.29. The molecule has 1 atom stereocenters. The van der Waals surface area contributed by atoms with Crippen LogP contribution in [0.4, 0.5) is 4.39 Å². The summed E-state index contributed by atoms with van der Waals surface area (Å²) in [5, 5.41) is 6.56. The third-order valence-electron chi connectivity index (χ3n) is 4.94. The van der Waals surface area contributed by atoms with Gasteiger partial charge in [-0.2, -0.15) is 0 Å². The minimum atomic E-state index is -0.363. The molecular weight excluding hydrogens is 361 g/mol. The Morgan fingerprint density at radius 2 is 2.18 bits per heavy atom. The highest BCUT2D eigenvalue weighted by Crippen LogP contribution is 2.35. The molecule has 3 aromatic rings. The molecule has 1 aromatic carbocycles. The Labute approximate surface area is 160 Å². The third kappa shape index (κ3) is 3.71. The normalized spacial score (nSPS) is 15.8. The number of carbonyl (C=O) groups excluding carboxylic acids is 2. The predicted molar refractivity (Wildman–Crippen MR) is 101 cm³/mol. The van der Waals surface area contributed by atoms with E-state index < -0.39 is 0 Å². The standard InChI is InChI=1S/C20H20FN5O2/c21-12-4-5-15-14(10-12)13-2-1-3-16(19(13)26-15)25-18(27)6-7-24-20(28)17-11-22-8-9-23-17/h4-5,8-11,16,26H,1-3,6-7H2,(H,24,28)(H,25,27). The van der Waals surface area contributed by atoms with Gasteiger partial charge in [-0.05, 0) is 43.0 Å². The van der Waals surface area contributed by atoms with Crippen molar-refractivity contribution < 1.29 is 14.0 Å². The maximum absolute atomic E-state index is 13.6. The van der Waals surface area contributed by atoms with Gasteiger partial charge in [-0.1, -0.05) is 0 Å². The molecule has 144 valence electrons. The molecule has 0 saturated heterocycles. The quantitative estimate of drug-likeness (QED) is 0.632. The van der Waals surface area contributed by atoms with Gasteiger partial charge in [-0.15, -0.1) is 0 Å². The van der Waals surface area contributed by atoms with Gasteiger partial charge < -0.3 is 15.6 Å². The first kappa shape index (κ1) is 18.1. The number of amides is 2. The average Bonchev–Trinajstić information content (AvgIpc) is 3.07. The van der Waals surface area contributed by atoms with Gasteiger partial charge in [0.2, 0.25) is 5.91 Å². The summed E-state index contributed by atoms with van der Waals surface area (Å²) in [6.07, 6.45) is 7.06. The molecule has 0 spiro atoms. The SMILES string of the molecule is O=C(CCNC(=O)c1cnccn1)NC1CCCc2c1[nH]c1ccc(F)cc21. The summed E-state index contributed by atoms with van der Waals surface area (Å²) in [5.41, 5.74) is 3.11. The zero-order valence-electron chi connectivity index (χ0n) is 15.2. The van der Waals surface area contributed by atoms with E-state index in [1.165, 1.54) is 30.7 Å². The van der Waals surface area contributed by atoms with Crippen molar-refractivity contribution in [3.63, 3.8) is 0 Å². The van der Waals surface area contributed by atoms with E-state index in [2.05, 4.69) is 25.6 Å². The second kappa shape index (κ2) is 7.75. The lowest BCUT2D eigenvalue weighted by atomic mass is 9.91. The van der Waals surface area contributed by atoms with Crippen LogP contribution in [0.5, 0.6) is 0 Å². The lowest BCUT2D eigenvalue weighted by molar-refractivity contribution is -0.121. The van der Waals surface area contributed by atoms with E-state index in [1.807, 2.05) is 0 Å². The minimum Gasteiger partial charge on any atom is -0.356 e. The Morgan fingerprint density at radius 3 is 3.00 bits per heavy atom. The average molecular weight is 381 g/mol. The largest absolute Gasteiger partial charge is 0.356 e. The fourth-order valence-electron chi connectivity index (χ4n) is 3.64. The van der Waals surface area contributed by atoms with E-state index >= 15 is 0 Å².